The molecule has 0 radical (unpaired) electrons. The van der Waals surface area contributed by atoms with Gasteiger partial charge in [-0.2, -0.15) is 0 Å². The number of ether oxygens (including phenoxy) is 1. The summed E-state index contributed by atoms with van der Waals surface area (Å²) < 4.78 is 7.61. The van der Waals surface area contributed by atoms with E-state index in [2.05, 4.69) is 24.2 Å². The third-order valence-corrected chi connectivity index (χ3v) is 3.73. The first-order chi connectivity index (χ1) is 9.46. The highest BCUT2D eigenvalue weighted by molar-refractivity contribution is 5.92. The topological polar surface area (TPSA) is 77.2 Å². The Morgan fingerprint density at radius 2 is 2.30 bits per heavy atom. The number of fused-ring (bicyclic) bond motifs is 1. The number of carbonyl (C=O) groups is 1. The molecule has 0 spiro atoms. The average molecular weight is 275 g/mol. The zero-order valence-corrected chi connectivity index (χ0v) is 11.5. The maximum Gasteiger partial charge on any atom is 0.335 e. The lowest BCUT2D eigenvalue weighted by atomic mass is 9.94. The van der Waals surface area contributed by atoms with Crippen molar-refractivity contribution in [3.05, 3.63) is 23.8 Å². The predicted molar refractivity (Wildman–Crippen MR) is 72.8 cm³/mol. The van der Waals surface area contributed by atoms with E-state index in [0.717, 1.165) is 18.4 Å². The quantitative estimate of drug-likeness (QED) is 0.909. The summed E-state index contributed by atoms with van der Waals surface area (Å²) in [7, 11) is 0. The fourth-order valence-corrected chi connectivity index (χ4v) is 2.75. The molecule has 1 aromatic carbocycles. The van der Waals surface area contributed by atoms with Gasteiger partial charge in [0.05, 0.1) is 22.7 Å². The summed E-state index contributed by atoms with van der Waals surface area (Å²) in [5, 5.41) is 17.3. The maximum absolute atomic E-state index is 11.0. The van der Waals surface area contributed by atoms with Crippen molar-refractivity contribution >= 4 is 17.0 Å². The highest BCUT2D eigenvalue weighted by Gasteiger charge is 2.31. The molecule has 0 amide bonds. The van der Waals surface area contributed by atoms with Crippen LogP contribution in [0.1, 0.15) is 43.1 Å². The van der Waals surface area contributed by atoms with Gasteiger partial charge in [-0.1, -0.05) is 5.21 Å². The van der Waals surface area contributed by atoms with Gasteiger partial charge < -0.3 is 9.84 Å². The summed E-state index contributed by atoms with van der Waals surface area (Å²) in [4.78, 5) is 11.0. The molecule has 1 fully saturated rings. The van der Waals surface area contributed by atoms with Crippen molar-refractivity contribution in [1.29, 1.82) is 0 Å². The van der Waals surface area contributed by atoms with Crippen molar-refractivity contribution in [3.8, 4) is 0 Å². The van der Waals surface area contributed by atoms with E-state index in [1.807, 2.05) is 4.68 Å². The van der Waals surface area contributed by atoms with Crippen LogP contribution in [0.25, 0.3) is 11.0 Å². The van der Waals surface area contributed by atoms with E-state index in [9.17, 15) is 4.79 Å². The van der Waals surface area contributed by atoms with Gasteiger partial charge in [0.1, 0.15) is 5.52 Å². The zero-order chi connectivity index (χ0) is 14.3. The Morgan fingerprint density at radius 3 is 3.00 bits per heavy atom. The molecule has 0 bridgehead atoms. The van der Waals surface area contributed by atoms with Crippen LogP contribution in [-0.2, 0) is 4.74 Å². The molecule has 1 aliphatic rings. The van der Waals surface area contributed by atoms with E-state index in [0.29, 0.717) is 12.1 Å². The normalized spacial score (nSPS) is 22.0. The molecular weight excluding hydrogens is 258 g/mol. The van der Waals surface area contributed by atoms with E-state index in [4.69, 9.17) is 9.84 Å². The maximum atomic E-state index is 11.0. The first-order valence-corrected chi connectivity index (χ1v) is 6.68. The van der Waals surface area contributed by atoms with E-state index in [-0.39, 0.29) is 17.2 Å². The van der Waals surface area contributed by atoms with Crippen LogP contribution in [0, 0.1) is 0 Å². The second-order valence-corrected chi connectivity index (χ2v) is 5.80. The lowest BCUT2D eigenvalue weighted by Crippen LogP contribution is -2.35. The van der Waals surface area contributed by atoms with Crippen LogP contribution < -0.4 is 0 Å². The molecule has 3 rings (SSSR count). The summed E-state index contributed by atoms with van der Waals surface area (Å²) in [6, 6.07) is 5.17. The van der Waals surface area contributed by atoms with Crippen molar-refractivity contribution in [2.45, 2.75) is 38.3 Å². The Labute approximate surface area is 116 Å². The number of nitrogens with zero attached hydrogens (tertiary/aromatic N) is 3. The highest BCUT2D eigenvalue weighted by atomic mass is 16.5. The molecule has 2 heterocycles. The molecule has 1 N–H and O–H groups in total. The molecule has 0 saturated carbocycles. The smallest absolute Gasteiger partial charge is 0.335 e. The first-order valence-electron chi connectivity index (χ1n) is 6.68. The van der Waals surface area contributed by atoms with Crippen LogP contribution in [0.5, 0.6) is 0 Å². The number of aromatic nitrogens is 3. The third kappa shape index (κ3) is 2.27. The molecule has 2 aromatic rings. The van der Waals surface area contributed by atoms with Crippen LogP contribution in [0.4, 0.5) is 0 Å². The van der Waals surface area contributed by atoms with Gasteiger partial charge in [0.2, 0.25) is 0 Å². The van der Waals surface area contributed by atoms with Gasteiger partial charge in [0, 0.05) is 6.61 Å². The Bertz CT molecular complexity index is 663. The van der Waals surface area contributed by atoms with Gasteiger partial charge in [-0.25, -0.2) is 9.48 Å². The summed E-state index contributed by atoms with van der Waals surface area (Å²) in [6.45, 7) is 4.84. The molecule has 20 heavy (non-hydrogen) atoms. The summed E-state index contributed by atoms with van der Waals surface area (Å²) in [6.07, 6.45) is 1.76. The van der Waals surface area contributed by atoms with Gasteiger partial charge in [0.25, 0.3) is 0 Å². The SMILES string of the molecule is CC1(C)CC(n2nnc3cc(C(=O)O)ccc32)CCO1. The molecule has 1 aromatic heterocycles. The predicted octanol–water partition coefficient (Wildman–Crippen LogP) is 2.26. The van der Waals surface area contributed by atoms with E-state index < -0.39 is 5.97 Å². The van der Waals surface area contributed by atoms with Crippen molar-refractivity contribution in [1.82, 2.24) is 15.0 Å². The van der Waals surface area contributed by atoms with E-state index >= 15 is 0 Å². The monoisotopic (exact) mass is 275 g/mol. The lowest BCUT2D eigenvalue weighted by Gasteiger charge is -2.35. The summed E-state index contributed by atoms with van der Waals surface area (Å²) in [5.41, 5.74) is 1.56. The molecule has 1 saturated heterocycles. The van der Waals surface area contributed by atoms with E-state index in [1.54, 1.807) is 18.2 Å². The number of aromatic carboxylic acids is 1. The minimum atomic E-state index is -0.950. The Kier molecular flexibility index (Phi) is 2.97. The summed E-state index contributed by atoms with van der Waals surface area (Å²) >= 11 is 0. The Morgan fingerprint density at radius 1 is 1.50 bits per heavy atom. The number of rotatable bonds is 2. The van der Waals surface area contributed by atoms with Crippen molar-refractivity contribution in [2.75, 3.05) is 6.61 Å². The van der Waals surface area contributed by atoms with Gasteiger partial charge in [-0.15, -0.1) is 5.10 Å². The Hall–Kier alpha value is -1.95. The zero-order valence-electron chi connectivity index (χ0n) is 11.5. The number of hydrogen-bond acceptors (Lipinski definition) is 4. The minimum absolute atomic E-state index is 0.164. The molecule has 6 nitrogen and oxygen atoms in total. The second-order valence-electron chi connectivity index (χ2n) is 5.80. The van der Waals surface area contributed by atoms with Gasteiger partial charge in [-0.05, 0) is 44.9 Å². The third-order valence-electron chi connectivity index (χ3n) is 3.73. The number of carboxylic acid groups (broad SMARTS) is 1. The van der Waals surface area contributed by atoms with Gasteiger partial charge in [-0.3, -0.25) is 0 Å². The van der Waals surface area contributed by atoms with Crippen LogP contribution in [0.3, 0.4) is 0 Å². The molecule has 1 atom stereocenters. The standard InChI is InChI=1S/C14H17N3O3/c1-14(2)8-10(5-6-20-14)17-12-4-3-9(13(18)19)7-11(12)15-16-17/h3-4,7,10H,5-6,8H2,1-2H3,(H,18,19). The molecule has 1 unspecified atom stereocenters. The van der Waals surface area contributed by atoms with Crippen LogP contribution in [0.2, 0.25) is 0 Å². The minimum Gasteiger partial charge on any atom is -0.478 e. The largest absolute Gasteiger partial charge is 0.478 e. The first kappa shape index (κ1) is 13.1. The molecule has 106 valence electrons. The summed E-state index contributed by atoms with van der Waals surface area (Å²) in [5.74, 6) is -0.950. The van der Waals surface area contributed by atoms with E-state index in [1.165, 1.54) is 0 Å². The molecule has 1 aliphatic heterocycles. The lowest BCUT2D eigenvalue weighted by molar-refractivity contribution is -0.0703. The van der Waals surface area contributed by atoms with Crippen molar-refractivity contribution < 1.29 is 14.6 Å². The van der Waals surface area contributed by atoms with Gasteiger partial charge >= 0.3 is 5.97 Å². The fraction of sp³-hybridized carbons (Fsp3) is 0.500. The van der Waals surface area contributed by atoms with Crippen LogP contribution in [-0.4, -0.2) is 38.3 Å². The highest BCUT2D eigenvalue weighted by Crippen LogP contribution is 2.33. The fourth-order valence-electron chi connectivity index (χ4n) is 2.75. The van der Waals surface area contributed by atoms with Gasteiger partial charge in [0.15, 0.2) is 0 Å². The van der Waals surface area contributed by atoms with Crippen LogP contribution >= 0.6 is 0 Å². The Balaban J connectivity index is 1.98. The molecule has 0 aliphatic carbocycles. The number of hydrogen-bond donors (Lipinski definition) is 1. The number of carboxylic acids is 1. The van der Waals surface area contributed by atoms with Crippen LogP contribution in [0.15, 0.2) is 18.2 Å². The molecular formula is C14H17N3O3. The van der Waals surface area contributed by atoms with Crippen molar-refractivity contribution in [2.24, 2.45) is 0 Å². The molecule has 6 heteroatoms. The van der Waals surface area contributed by atoms with Crippen molar-refractivity contribution in [3.63, 3.8) is 0 Å². The number of benzene rings is 1. The average Bonchev–Trinajstić information content (AvgIpc) is 2.80. The second kappa shape index (κ2) is 4.56.